The highest BCUT2D eigenvalue weighted by Gasteiger charge is 2.30. The van der Waals surface area contributed by atoms with Gasteiger partial charge in [0.1, 0.15) is 0 Å². The normalized spacial score (nSPS) is 20.0. The zero-order chi connectivity index (χ0) is 15.8. The van der Waals surface area contributed by atoms with E-state index in [9.17, 15) is 9.90 Å². The molecule has 1 aromatic carbocycles. The van der Waals surface area contributed by atoms with Crippen LogP contribution in [0.25, 0.3) is 0 Å². The molecular weight excluding hydrogens is 280 g/mol. The van der Waals surface area contributed by atoms with Gasteiger partial charge in [-0.2, -0.15) is 0 Å². The smallest absolute Gasteiger partial charge is 0.237 e. The summed E-state index contributed by atoms with van der Waals surface area (Å²) in [5.74, 6) is 0.0676. The molecule has 5 heteroatoms. The number of ether oxygens (including phenoxy) is 1. The maximum absolute atomic E-state index is 12.3. The first-order valence-electron chi connectivity index (χ1n) is 7.93. The molecule has 0 aliphatic carbocycles. The van der Waals surface area contributed by atoms with E-state index in [2.05, 4.69) is 22.3 Å². The molecule has 1 aliphatic rings. The van der Waals surface area contributed by atoms with Crippen molar-refractivity contribution in [1.82, 2.24) is 10.2 Å². The van der Waals surface area contributed by atoms with Gasteiger partial charge in [0.25, 0.3) is 0 Å². The summed E-state index contributed by atoms with van der Waals surface area (Å²) < 4.78 is 4.87. The van der Waals surface area contributed by atoms with Crippen LogP contribution in [0.3, 0.4) is 0 Å². The van der Waals surface area contributed by atoms with Crippen LogP contribution < -0.4 is 5.32 Å². The summed E-state index contributed by atoms with van der Waals surface area (Å²) >= 11 is 0. The zero-order valence-electron chi connectivity index (χ0n) is 13.2. The minimum Gasteiger partial charge on any atom is -0.391 e. The number of aliphatic hydroxyl groups is 1. The number of carbonyl (C=O) groups excluding carboxylic acids is 1. The first-order chi connectivity index (χ1) is 10.7. The summed E-state index contributed by atoms with van der Waals surface area (Å²) in [5.41, 5.74) is 1.23. The number of hydrogen-bond acceptors (Lipinski definition) is 4. The maximum atomic E-state index is 12.3. The van der Waals surface area contributed by atoms with E-state index < -0.39 is 6.10 Å². The first-order valence-corrected chi connectivity index (χ1v) is 7.93. The molecule has 5 nitrogen and oxygen atoms in total. The molecule has 2 N–H and O–H groups in total. The van der Waals surface area contributed by atoms with Crippen LogP contribution in [0.2, 0.25) is 0 Å². The highest BCUT2D eigenvalue weighted by Crippen LogP contribution is 2.20. The predicted molar refractivity (Wildman–Crippen MR) is 85.4 cm³/mol. The van der Waals surface area contributed by atoms with E-state index in [1.807, 2.05) is 18.2 Å². The van der Waals surface area contributed by atoms with E-state index in [4.69, 9.17) is 4.74 Å². The molecule has 22 heavy (non-hydrogen) atoms. The van der Waals surface area contributed by atoms with Crippen LogP contribution in [0, 0.1) is 0 Å². The van der Waals surface area contributed by atoms with Gasteiger partial charge in [-0.15, -0.1) is 0 Å². The third-order valence-electron chi connectivity index (χ3n) is 4.03. The molecule has 0 bridgehead atoms. The lowest BCUT2D eigenvalue weighted by atomic mass is 10.1. The lowest BCUT2D eigenvalue weighted by Gasteiger charge is -2.24. The fourth-order valence-corrected chi connectivity index (χ4v) is 2.89. The Hall–Kier alpha value is -1.43. The van der Waals surface area contributed by atoms with Crippen molar-refractivity contribution < 1.29 is 14.6 Å². The predicted octanol–water partition coefficient (Wildman–Crippen LogP) is 1.16. The van der Waals surface area contributed by atoms with Crippen molar-refractivity contribution >= 4 is 5.91 Å². The summed E-state index contributed by atoms with van der Waals surface area (Å²) in [4.78, 5) is 14.6. The number of likely N-dealkylation sites (tertiary alicyclic amines) is 1. The Morgan fingerprint density at radius 1 is 1.45 bits per heavy atom. The van der Waals surface area contributed by atoms with Gasteiger partial charge in [-0.1, -0.05) is 30.3 Å². The van der Waals surface area contributed by atoms with Crippen molar-refractivity contribution in [3.05, 3.63) is 35.9 Å². The van der Waals surface area contributed by atoms with Gasteiger partial charge in [0.15, 0.2) is 0 Å². The van der Waals surface area contributed by atoms with Gasteiger partial charge in [-0.3, -0.25) is 9.69 Å². The average molecular weight is 306 g/mol. The van der Waals surface area contributed by atoms with Crippen molar-refractivity contribution in [2.24, 2.45) is 0 Å². The number of rotatable bonds is 8. The Bertz CT molecular complexity index is 452. The summed E-state index contributed by atoms with van der Waals surface area (Å²) in [6.45, 7) is 2.56. The minimum atomic E-state index is -0.519. The summed E-state index contributed by atoms with van der Waals surface area (Å²) in [6, 6.07) is 10.2. The van der Waals surface area contributed by atoms with Gasteiger partial charge in [0.2, 0.25) is 5.91 Å². The van der Waals surface area contributed by atoms with Crippen molar-refractivity contribution in [2.75, 3.05) is 26.8 Å². The quantitative estimate of drug-likeness (QED) is 0.757. The highest BCUT2D eigenvalue weighted by atomic mass is 16.5. The number of nitrogens with one attached hydrogen (secondary N) is 1. The molecule has 0 spiro atoms. The standard InChI is InChI=1S/C17H26N2O3/c1-22-13-15(20)9-10-18-17(21)16-8-5-11-19(16)12-14-6-3-2-4-7-14/h2-4,6-7,15-16,20H,5,8-13H2,1H3,(H,18,21). The Morgan fingerprint density at radius 2 is 2.23 bits per heavy atom. The number of nitrogens with zero attached hydrogens (tertiary/aromatic N) is 1. The lowest BCUT2D eigenvalue weighted by molar-refractivity contribution is -0.125. The Labute approximate surface area is 132 Å². The van der Waals surface area contributed by atoms with Crippen molar-refractivity contribution in [3.8, 4) is 0 Å². The Morgan fingerprint density at radius 3 is 2.95 bits per heavy atom. The fourth-order valence-electron chi connectivity index (χ4n) is 2.89. The van der Waals surface area contributed by atoms with E-state index in [0.29, 0.717) is 19.6 Å². The minimum absolute atomic E-state index is 0.0558. The molecular formula is C17H26N2O3. The summed E-state index contributed by atoms with van der Waals surface area (Å²) in [6.07, 6.45) is 1.95. The number of amides is 1. The van der Waals surface area contributed by atoms with Gasteiger partial charge < -0.3 is 15.2 Å². The molecule has 1 heterocycles. The molecule has 2 atom stereocenters. The third kappa shape index (κ3) is 5.09. The maximum Gasteiger partial charge on any atom is 0.237 e. The second-order valence-electron chi connectivity index (χ2n) is 5.80. The average Bonchev–Trinajstić information content (AvgIpc) is 2.96. The largest absolute Gasteiger partial charge is 0.391 e. The van der Waals surface area contributed by atoms with E-state index >= 15 is 0 Å². The third-order valence-corrected chi connectivity index (χ3v) is 4.03. The SMILES string of the molecule is COCC(O)CCNC(=O)C1CCCN1Cc1ccccc1. The van der Waals surface area contributed by atoms with Gasteiger partial charge in [-0.05, 0) is 31.4 Å². The van der Waals surface area contributed by atoms with Crippen LogP contribution in [-0.4, -0.2) is 54.9 Å². The lowest BCUT2D eigenvalue weighted by Crippen LogP contribution is -2.43. The van der Waals surface area contributed by atoms with Gasteiger partial charge in [0, 0.05) is 20.2 Å². The number of benzene rings is 1. The Balaban J connectivity index is 1.78. The van der Waals surface area contributed by atoms with Gasteiger partial charge >= 0.3 is 0 Å². The summed E-state index contributed by atoms with van der Waals surface area (Å²) in [7, 11) is 1.56. The zero-order valence-corrected chi connectivity index (χ0v) is 13.2. The number of aliphatic hydroxyl groups excluding tert-OH is 1. The molecule has 2 rings (SSSR count). The van der Waals surface area contributed by atoms with Crippen LogP contribution in [-0.2, 0) is 16.1 Å². The molecule has 1 aliphatic heterocycles. The van der Waals surface area contributed by atoms with Crippen molar-refractivity contribution in [1.29, 1.82) is 0 Å². The van der Waals surface area contributed by atoms with Crippen LogP contribution in [0.1, 0.15) is 24.8 Å². The molecule has 1 amide bonds. The highest BCUT2D eigenvalue weighted by molar-refractivity contribution is 5.82. The molecule has 2 unspecified atom stereocenters. The number of hydrogen-bond donors (Lipinski definition) is 2. The second kappa shape index (κ2) is 8.88. The fraction of sp³-hybridized carbons (Fsp3) is 0.588. The molecule has 122 valence electrons. The second-order valence-corrected chi connectivity index (χ2v) is 5.80. The first kappa shape index (κ1) is 16.9. The van der Waals surface area contributed by atoms with Gasteiger partial charge in [-0.25, -0.2) is 0 Å². The van der Waals surface area contributed by atoms with Crippen LogP contribution in [0.15, 0.2) is 30.3 Å². The van der Waals surface area contributed by atoms with Crippen molar-refractivity contribution in [2.45, 2.75) is 38.0 Å². The number of methoxy groups -OCH3 is 1. The van der Waals surface area contributed by atoms with Crippen LogP contribution in [0.5, 0.6) is 0 Å². The van der Waals surface area contributed by atoms with Gasteiger partial charge in [0.05, 0.1) is 18.8 Å². The Kier molecular flexibility index (Phi) is 6.83. The van der Waals surface area contributed by atoms with E-state index in [1.54, 1.807) is 7.11 Å². The molecule has 0 saturated carbocycles. The molecule has 1 fully saturated rings. The van der Waals surface area contributed by atoms with E-state index in [0.717, 1.165) is 25.9 Å². The number of carbonyl (C=O) groups is 1. The van der Waals surface area contributed by atoms with Crippen molar-refractivity contribution in [3.63, 3.8) is 0 Å². The molecule has 1 aromatic rings. The molecule has 0 radical (unpaired) electrons. The molecule has 0 aromatic heterocycles. The van der Waals surface area contributed by atoms with E-state index in [-0.39, 0.29) is 11.9 Å². The topological polar surface area (TPSA) is 61.8 Å². The van der Waals surface area contributed by atoms with Crippen LogP contribution >= 0.6 is 0 Å². The van der Waals surface area contributed by atoms with Crippen LogP contribution in [0.4, 0.5) is 0 Å². The van der Waals surface area contributed by atoms with E-state index in [1.165, 1.54) is 5.56 Å². The molecule has 1 saturated heterocycles. The summed E-state index contributed by atoms with van der Waals surface area (Å²) in [5, 5.41) is 12.5. The monoisotopic (exact) mass is 306 g/mol.